The maximum Gasteiger partial charge on any atom is 0.507 e. The van der Waals surface area contributed by atoms with Crippen LogP contribution in [0, 0.1) is 13.8 Å². The van der Waals surface area contributed by atoms with Crippen LogP contribution in [0.4, 0.5) is 4.79 Å². The van der Waals surface area contributed by atoms with Gasteiger partial charge in [0.25, 0.3) is 0 Å². The minimum Gasteiger partial charge on any atom is -0.450 e. The van der Waals surface area contributed by atoms with Crippen LogP contribution in [0.3, 0.4) is 0 Å². The van der Waals surface area contributed by atoms with E-state index in [1.807, 2.05) is 11.1 Å². The monoisotopic (exact) mass is 408 g/mol. The summed E-state index contributed by atoms with van der Waals surface area (Å²) >= 11 is 6.16. The van der Waals surface area contributed by atoms with Gasteiger partial charge in [-0.2, -0.15) is 5.06 Å². The fourth-order valence-electron chi connectivity index (χ4n) is 4.66. The largest absolute Gasteiger partial charge is 0.507 e. The predicted molar refractivity (Wildman–Crippen MR) is 104 cm³/mol. The lowest BCUT2D eigenvalue weighted by Crippen LogP contribution is -2.56. The summed E-state index contributed by atoms with van der Waals surface area (Å²) in [4.78, 5) is 29.6. The fourth-order valence-corrected chi connectivity index (χ4v) is 4.99. The molecule has 1 saturated heterocycles. The summed E-state index contributed by atoms with van der Waals surface area (Å²) in [6, 6.07) is 3.44. The number of hydroxylamine groups is 2. The number of hydrogen-bond donors (Lipinski definition) is 2. The molecule has 1 aromatic carbocycles. The van der Waals surface area contributed by atoms with Crippen LogP contribution in [0.15, 0.2) is 23.8 Å². The molecule has 1 aromatic rings. The first-order valence-corrected chi connectivity index (χ1v) is 9.56. The van der Waals surface area contributed by atoms with Crippen LogP contribution in [-0.4, -0.2) is 54.9 Å². The second kappa shape index (κ2) is 7.83. The molecule has 0 radical (unpaired) electrons. The van der Waals surface area contributed by atoms with Crippen molar-refractivity contribution < 1.29 is 24.3 Å². The molecular formula is C20H25ClN2O5. The number of aldehydes is 1. The first-order valence-electron chi connectivity index (χ1n) is 9.18. The molecular weight excluding hydrogens is 384 g/mol. The highest BCUT2D eigenvalue weighted by atomic mass is 35.5. The first kappa shape index (κ1) is 20.8. The van der Waals surface area contributed by atoms with Crippen LogP contribution in [0.5, 0.6) is 0 Å². The third-order valence-corrected chi connectivity index (χ3v) is 6.00. The second-order valence-electron chi connectivity index (χ2n) is 7.33. The van der Waals surface area contributed by atoms with Gasteiger partial charge in [-0.3, -0.25) is 4.79 Å². The molecule has 2 heterocycles. The van der Waals surface area contributed by atoms with Crippen molar-refractivity contribution in [3.05, 3.63) is 45.5 Å². The molecule has 0 aromatic heterocycles. The lowest BCUT2D eigenvalue weighted by molar-refractivity contribution is -0.152. The van der Waals surface area contributed by atoms with Crippen molar-refractivity contribution in [2.45, 2.75) is 37.8 Å². The molecule has 2 aliphatic rings. The van der Waals surface area contributed by atoms with Crippen molar-refractivity contribution in [1.82, 2.24) is 10.4 Å². The van der Waals surface area contributed by atoms with E-state index in [9.17, 15) is 14.7 Å². The Balaban J connectivity index is 2.16. The number of hydrogen-bond acceptors (Lipinski definition) is 6. The lowest BCUT2D eigenvalue weighted by Gasteiger charge is -2.45. The van der Waals surface area contributed by atoms with Crippen molar-refractivity contribution in [3.8, 4) is 0 Å². The third kappa shape index (κ3) is 3.43. The van der Waals surface area contributed by atoms with Gasteiger partial charge in [-0.1, -0.05) is 17.7 Å². The molecule has 3 rings (SSSR count). The number of nitrogens with zero attached hydrogens (tertiary/aromatic N) is 1. The number of carbonyl (C=O) groups excluding carboxylic acids is 1. The molecule has 1 fully saturated rings. The minimum atomic E-state index is -1.73. The molecule has 1 atom stereocenters. The zero-order chi connectivity index (χ0) is 20.5. The Kier molecular flexibility index (Phi) is 5.82. The van der Waals surface area contributed by atoms with Crippen LogP contribution >= 0.6 is 11.6 Å². The van der Waals surface area contributed by atoms with Crippen molar-refractivity contribution in [2.75, 3.05) is 26.7 Å². The summed E-state index contributed by atoms with van der Waals surface area (Å²) in [5, 5.41) is 15.4. The summed E-state index contributed by atoms with van der Waals surface area (Å²) in [6.07, 6.45) is 2.31. The molecule has 0 aliphatic carbocycles. The number of nitrogens with one attached hydrogen (secondary N) is 1. The summed E-state index contributed by atoms with van der Waals surface area (Å²) in [5.74, 6) is 0. The second-order valence-corrected chi connectivity index (χ2v) is 7.76. The van der Waals surface area contributed by atoms with Crippen molar-refractivity contribution in [3.63, 3.8) is 0 Å². The molecule has 0 amide bonds. The molecule has 8 heteroatoms. The highest BCUT2D eigenvalue weighted by molar-refractivity contribution is 6.30. The average molecular weight is 409 g/mol. The zero-order valence-corrected chi connectivity index (χ0v) is 17.0. The van der Waals surface area contributed by atoms with E-state index in [1.165, 1.54) is 0 Å². The van der Waals surface area contributed by atoms with Crippen LogP contribution in [-0.2, 0) is 20.0 Å². The van der Waals surface area contributed by atoms with E-state index in [4.69, 9.17) is 21.2 Å². The van der Waals surface area contributed by atoms with Crippen molar-refractivity contribution in [1.29, 1.82) is 0 Å². The molecule has 28 heavy (non-hydrogen) atoms. The van der Waals surface area contributed by atoms with Gasteiger partial charge in [-0.05, 0) is 49.9 Å². The number of benzene rings is 1. The van der Waals surface area contributed by atoms with Gasteiger partial charge in [0.1, 0.15) is 0 Å². The Hall–Kier alpha value is -1.93. The van der Waals surface area contributed by atoms with Crippen molar-refractivity contribution >= 4 is 24.0 Å². The number of piperidine rings is 1. The quantitative estimate of drug-likeness (QED) is 0.440. The van der Waals surface area contributed by atoms with E-state index < -0.39 is 17.3 Å². The maximum absolute atomic E-state index is 12.6. The Bertz CT molecular complexity index is 794. The SMILES string of the molecule is CON1CCC2(CC1)NCC=C2C(C=O)(OC(=O)O)c1c(C)cc(Cl)cc1C. The number of carbonyl (C=O) groups is 2. The van der Waals surface area contributed by atoms with Crippen LogP contribution in [0.1, 0.15) is 29.5 Å². The predicted octanol–water partition coefficient (Wildman–Crippen LogP) is 2.97. The van der Waals surface area contributed by atoms with Crippen LogP contribution in [0.25, 0.3) is 0 Å². The van der Waals surface area contributed by atoms with E-state index in [0.29, 0.717) is 66.0 Å². The number of halogens is 1. The van der Waals surface area contributed by atoms with Gasteiger partial charge < -0.3 is 20.0 Å². The molecule has 1 spiro atoms. The van der Waals surface area contributed by atoms with E-state index in [0.717, 1.165) is 0 Å². The van der Waals surface area contributed by atoms with Gasteiger partial charge in [0, 0.05) is 41.3 Å². The fraction of sp³-hybridized carbons (Fsp3) is 0.500. The van der Waals surface area contributed by atoms with E-state index in [1.54, 1.807) is 33.1 Å². The van der Waals surface area contributed by atoms with E-state index in [2.05, 4.69) is 5.32 Å². The van der Waals surface area contributed by atoms with Gasteiger partial charge in [0.05, 0.1) is 7.11 Å². The summed E-state index contributed by atoms with van der Waals surface area (Å²) in [5.41, 5.74) is 0.304. The summed E-state index contributed by atoms with van der Waals surface area (Å²) in [7, 11) is 1.63. The van der Waals surface area contributed by atoms with E-state index in [-0.39, 0.29) is 0 Å². The molecule has 1 unspecified atom stereocenters. The molecule has 0 saturated carbocycles. The molecule has 2 aliphatic heterocycles. The number of rotatable bonds is 5. The maximum atomic E-state index is 12.6. The molecule has 152 valence electrons. The standard InChI is InChI=1S/C20H25ClN2O5/c1-13-10-15(21)11-14(2)17(13)20(12-24,28-18(25)26)16-4-7-22-19(16)5-8-23(27-3)9-6-19/h4,10-12,22H,5-9H2,1-3H3,(H,25,26). The van der Waals surface area contributed by atoms with Gasteiger partial charge >= 0.3 is 6.16 Å². The summed E-state index contributed by atoms with van der Waals surface area (Å²) in [6.45, 7) is 5.46. The Morgan fingerprint density at radius 3 is 2.43 bits per heavy atom. The molecule has 2 N–H and O–H groups in total. The smallest absolute Gasteiger partial charge is 0.450 e. The van der Waals surface area contributed by atoms with Gasteiger partial charge in [0.15, 0.2) is 6.29 Å². The third-order valence-electron chi connectivity index (χ3n) is 5.78. The Morgan fingerprint density at radius 2 is 1.93 bits per heavy atom. The minimum absolute atomic E-state index is 0.524. The zero-order valence-electron chi connectivity index (χ0n) is 16.3. The average Bonchev–Trinajstić information content (AvgIpc) is 3.04. The van der Waals surface area contributed by atoms with Crippen LogP contribution in [0.2, 0.25) is 5.02 Å². The van der Waals surface area contributed by atoms with Gasteiger partial charge in [0.2, 0.25) is 5.60 Å². The van der Waals surface area contributed by atoms with Gasteiger partial charge in [-0.25, -0.2) is 4.79 Å². The number of ether oxygens (including phenoxy) is 1. The van der Waals surface area contributed by atoms with Crippen LogP contribution < -0.4 is 5.32 Å². The van der Waals surface area contributed by atoms with Crippen molar-refractivity contribution in [2.24, 2.45) is 0 Å². The number of carboxylic acid groups (broad SMARTS) is 1. The topological polar surface area (TPSA) is 88.1 Å². The van der Waals surface area contributed by atoms with Gasteiger partial charge in [-0.15, -0.1) is 0 Å². The molecule has 0 bridgehead atoms. The Morgan fingerprint density at radius 1 is 1.32 bits per heavy atom. The first-order chi connectivity index (χ1) is 13.3. The summed E-state index contributed by atoms with van der Waals surface area (Å²) < 4.78 is 5.39. The highest BCUT2D eigenvalue weighted by Gasteiger charge is 2.54. The highest BCUT2D eigenvalue weighted by Crippen LogP contribution is 2.47. The molecule has 7 nitrogen and oxygen atoms in total. The normalized spacial score (nSPS) is 21.2. The number of aryl methyl sites for hydroxylation is 2. The Labute approximate surface area is 169 Å². The lowest BCUT2D eigenvalue weighted by atomic mass is 9.71. The van der Waals surface area contributed by atoms with E-state index >= 15 is 0 Å².